The van der Waals surface area contributed by atoms with Gasteiger partial charge >= 0.3 is 12.2 Å². The molecule has 2 aromatic heterocycles. The molecule has 2 N–H and O–H groups in total. The zero-order valence-electron chi connectivity index (χ0n) is 29.7. The summed E-state index contributed by atoms with van der Waals surface area (Å²) in [4.78, 5) is 46.6. The van der Waals surface area contributed by atoms with Gasteiger partial charge in [-0.05, 0) is 126 Å². The molecule has 50 heavy (non-hydrogen) atoms. The van der Waals surface area contributed by atoms with E-state index in [4.69, 9.17) is 14.5 Å². The molecular weight excluding hydrogens is 628 g/mol. The Bertz CT molecular complexity index is 2100. The molecule has 4 heterocycles. The van der Waals surface area contributed by atoms with E-state index in [1.54, 1.807) is 4.90 Å². The first-order chi connectivity index (χ1) is 23.8. The Kier molecular flexibility index (Phi) is 7.69. The van der Waals surface area contributed by atoms with Gasteiger partial charge in [-0.2, -0.15) is 0 Å². The monoisotopic (exact) mass is 674 g/mol. The second-order valence-corrected chi connectivity index (χ2v) is 16.2. The van der Waals surface area contributed by atoms with E-state index in [9.17, 15) is 9.59 Å². The summed E-state index contributed by atoms with van der Waals surface area (Å²) in [5, 5.41) is 2.26. The number of nitrogens with zero attached hydrogens (tertiary/aromatic N) is 4. The summed E-state index contributed by atoms with van der Waals surface area (Å²) in [6.07, 6.45) is 6.20. The fourth-order valence-electron chi connectivity index (χ4n) is 8.10. The fourth-order valence-corrected chi connectivity index (χ4v) is 8.10. The number of ether oxygens (including phenoxy) is 2. The number of aromatic amines is 2. The molecule has 2 saturated heterocycles. The lowest BCUT2D eigenvalue weighted by Crippen LogP contribution is -2.43. The van der Waals surface area contributed by atoms with Crippen LogP contribution in [0, 0.1) is 5.92 Å². The number of carbonyl (C=O) groups is 2. The zero-order valence-corrected chi connectivity index (χ0v) is 29.7. The number of hydrogen-bond donors (Lipinski definition) is 2. The number of imidazole rings is 2. The third-order valence-corrected chi connectivity index (χ3v) is 10.2. The Morgan fingerprint density at radius 3 is 2.22 bits per heavy atom. The van der Waals surface area contributed by atoms with Crippen LogP contribution in [0.2, 0.25) is 0 Å². The molecule has 0 spiro atoms. The van der Waals surface area contributed by atoms with Gasteiger partial charge in [-0.25, -0.2) is 19.6 Å². The second-order valence-electron chi connectivity index (χ2n) is 16.2. The Morgan fingerprint density at radius 1 is 0.780 bits per heavy atom. The van der Waals surface area contributed by atoms with Crippen LogP contribution in [0.1, 0.15) is 97.4 Å². The Hall–Kier alpha value is -4.86. The molecule has 3 aliphatic rings. The van der Waals surface area contributed by atoms with Crippen LogP contribution in [-0.4, -0.2) is 65.7 Å². The number of rotatable bonds is 4. The maximum atomic E-state index is 13.3. The molecule has 0 unspecified atom stereocenters. The average molecular weight is 675 g/mol. The standard InChI is InChI=1S/C40H46N6O4/c1-39(2,3)49-37(47)45-17-7-8-33(45)35-41-22-32(44-35)27-12-11-23-18-24(9-10-25(23)19-27)26-14-16-30-31(21-26)43-36(42-30)34-28-13-15-29(20-28)46(34)38(48)50-40(4,5)6/h9-12,14,16,18-19,21-22,28-29,33-34H,7-8,13,15,17,20H2,1-6H3,(H,41,44)(H,42,43)/t28-,29+,33+,34+/m1/s1. The highest BCUT2D eigenvalue weighted by atomic mass is 16.6. The smallest absolute Gasteiger partial charge is 0.411 e. The van der Waals surface area contributed by atoms with Crippen molar-refractivity contribution in [1.29, 1.82) is 0 Å². The summed E-state index contributed by atoms with van der Waals surface area (Å²) in [7, 11) is 0. The van der Waals surface area contributed by atoms with E-state index in [1.165, 1.54) is 0 Å². The van der Waals surface area contributed by atoms with E-state index >= 15 is 0 Å². The second kappa shape index (κ2) is 11.9. The largest absolute Gasteiger partial charge is 0.444 e. The number of aromatic nitrogens is 4. The molecule has 2 amide bonds. The van der Waals surface area contributed by atoms with Crippen LogP contribution in [0.5, 0.6) is 0 Å². The number of amides is 2. The number of carbonyl (C=O) groups excluding carboxylic acids is 2. The van der Waals surface area contributed by atoms with Crippen LogP contribution >= 0.6 is 0 Å². The summed E-state index contributed by atoms with van der Waals surface area (Å²) < 4.78 is 11.5. The first kappa shape index (κ1) is 32.4. The lowest BCUT2D eigenvalue weighted by atomic mass is 9.98. The summed E-state index contributed by atoms with van der Waals surface area (Å²) >= 11 is 0. The summed E-state index contributed by atoms with van der Waals surface area (Å²) in [5.41, 5.74) is 4.95. The normalized spacial score (nSPS) is 22.2. The Labute approximate surface area is 292 Å². The van der Waals surface area contributed by atoms with Crippen LogP contribution in [0.15, 0.2) is 60.8 Å². The van der Waals surface area contributed by atoms with Gasteiger partial charge in [0.2, 0.25) is 0 Å². The van der Waals surface area contributed by atoms with Gasteiger partial charge in [-0.1, -0.05) is 30.3 Å². The van der Waals surface area contributed by atoms with Crippen LogP contribution in [0.3, 0.4) is 0 Å². The van der Waals surface area contributed by atoms with Gasteiger partial charge in [-0.3, -0.25) is 9.80 Å². The van der Waals surface area contributed by atoms with Gasteiger partial charge in [0.05, 0.1) is 35.0 Å². The van der Waals surface area contributed by atoms with E-state index in [0.717, 1.165) is 87.9 Å². The van der Waals surface area contributed by atoms with Crippen molar-refractivity contribution in [3.8, 4) is 22.4 Å². The molecular formula is C40H46N6O4. The fraction of sp³-hybridized carbons (Fsp3) is 0.450. The number of benzene rings is 3. The molecule has 2 bridgehead atoms. The minimum Gasteiger partial charge on any atom is -0.444 e. The average Bonchev–Trinajstić information content (AvgIpc) is 3.89. The van der Waals surface area contributed by atoms with E-state index in [-0.39, 0.29) is 30.3 Å². The molecule has 3 fully saturated rings. The molecule has 1 saturated carbocycles. The number of fused-ring (bicyclic) bond motifs is 4. The van der Waals surface area contributed by atoms with Crippen molar-refractivity contribution in [2.24, 2.45) is 5.92 Å². The maximum absolute atomic E-state index is 13.3. The first-order valence-electron chi connectivity index (χ1n) is 17.9. The quantitative estimate of drug-likeness (QED) is 0.196. The third-order valence-electron chi connectivity index (χ3n) is 10.2. The van der Waals surface area contributed by atoms with Crippen molar-refractivity contribution < 1.29 is 19.1 Å². The van der Waals surface area contributed by atoms with Gasteiger partial charge in [-0.15, -0.1) is 0 Å². The molecule has 10 nitrogen and oxygen atoms in total. The minimum atomic E-state index is -0.543. The zero-order chi connectivity index (χ0) is 34.9. The summed E-state index contributed by atoms with van der Waals surface area (Å²) in [6.45, 7) is 12.1. The lowest BCUT2D eigenvalue weighted by Gasteiger charge is -2.35. The SMILES string of the molecule is CC(C)(C)OC(=O)N1CCC[C@H]1c1ncc(-c2ccc3cc(-c4ccc5nc([C@@H]6[C@@H]7CC[C@@H](C7)N6C(=O)OC(C)(C)C)[nH]c5c4)ccc3c2)[nH]1. The highest BCUT2D eigenvalue weighted by Crippen LogP contribution is 2.50. The predicted octanol–water partition coefficient (Wildman–Crippen LogP) is 9.31. The van der Waals surface area contributed by atoms with Crippen molar-refractivity contribution in [3.05, 3.63) is 72.4 Å². The highest BCUT2D eigenvalue weighted by Gasteiger charge is 2.51. The van der Waals surface area contributed by atoms with Crippen LogP contribution in [-0.2, 0) is 9.47 Å². The third kappa shape index (κ3) is 6.09. The van der Waals surface area contributed by atoms with Crippen molar-refractivity contribution in [1.82, 2.24) is 29.7 Å². The van der Waals surface area contributed by atoms with Gasteiger partial charge in [0.1, 0.15) is 22.9 Å². The molecule has 4 atom stereocenters. The number of likely N-dealkylation sites (tertiary alicyclic amines) is 2. The van der Waals surface area contributed by atoms with Crippen LogP contribution < -0.4 is 0 Å². The summed E-state index contributed by atoms with van der Waals surface area (Å²) in [5.74, 6) is 2.02. The molecule has 0 radical (unpaired) electrons. The Morgan fingerprint density at radius 2 is 1.46 bits per heavy atom. The lowest BCUT2D eigenvalue weighted by molar-refractivity contribution is 0.00616. The van der Waals surface area contributed by atoms with Crippen LogP contribution in [0.25, 0.3) is 44.2 Å². The number of hydrogen-bond acceptors (Lipinski definition) is 6. The van der Waals surface area contributed by atoms with Gasteiger partial charge < -0.3 is 19.4 Å². The molecule has 2 aliphatic heterocycles. The van der Waals surface area contributed by atoms with E-state index in [0.29, 0.717) is 12.5 Å². The number of H-pyrrole nitrogens is 2. The van der Waals surface area contributed by atoms with E-state index < -0.39 is 11.2 Å². The maximum Gasteiger partial charge on any atom is 0.411 e. The first-order valence-corrected chi connectivity index (χ1v) is 17.9. The molecule has 8 rings (SSSR count). The summed E-state index contributed by atoms with van der Waals surface area (Å²) in [6, 6.07) is 19.3. The van der Waals surface area contributed by atoms with Gasteiger partial charge in [0, 0.05) is 18.2 Å². The molecule has 260 valence electrons. The van der Waals surface area contributed by atoms with Gasteiger partial charge in [0.25, 0.3) is 0 Å². The van der Waals surface area contributed by atoms with Crippen molar-refractivity contribution >= 4 is 34.0 Å². The van der Waals surface area contributed by atoms with Gasteiger partial charge in [0.15, 0.2) is 0 Å². The number of nitrogens with one attached hydrogen (secondary N) is 2. The van der Waals surface area contributed by atoms with E-state index in [1.807, 2.05) is 52.6 Å². The minimum absolute atomic E-state index is 0.0951. The molecule has 1 aliphatic carbocycles. The molecule has 5 aromatic rings. The van der Waals surface area contributed by atoms with Crippen molar-refractivity contribution in [2.75, 3.05) is 6.54 Å². The van der Waals surface area contributed by atoms with Crippen molar-refractivity contribution in [2.45, 2.75) is 103 Å². The molecule has 3 aromatic carbocycles. The molecule has 10 heteroatoms. The van der Waals surface area contributed by atoms with Crippen LogP contribution in [0.4, 0.5) is 9.59 Å². The van der Waals surface area contributed by atoms with Crippen molar-refractivity contribution in [3.63, 3.8) is 0 Å². The Balaban J connectivity index is 1.02. The van der Waals surface area contributed by atoms with E-state index in [2.05, 4.69) is 69.5 Å². The predicted molar refractivity (Wildman–Crippen MR) is 193 cm³/mol. The topological polar surface area (TPSA) is 116 Å². The number of piperidine rings is 1. The highest BCUT2D eigenvalue weighted by molar-refractivity contribution is 5.92.